The number of rotatable bonds is 6. The van der Waals surface area contributed by atoms with Crippen molar-refractivity contribution < 1.29 is 5.11 Å². The predicted molar refractivity (Wildman–Crippen MR) is 88.9 cm³/mol. The van der Waals surface area contributed by atoms with Crippen molar-refractivity contribution in [2.75, 3.05) is 26.2 Å². The van der Waals surface area contributed by atoms with Gasteiger partial charge in [0.05, 0.1) is 0 Å². The Morgan fingerprint density at radius 2 is 1.75 bits per heavy atom. The maximum absolute atomic E-state index is 8.75. The lowest BCUT2D eigenvalue weighted by Crippen LogP contribution is -2.42. The van der Waals surface area contributed by atoms with Crippen LogP contribution in [-0.2, 0) is 6.54 Å². The third-order valence-electron chi connectivity index (χ3n) is 3.60. The first-order valence-electron chi connectivity index (χ1n) is 6.99. The van der Waals surface area contributed by atoms with Crippen LogP contribution in [0.15, 0.2) is 30.3 Å². The smallest absolute Gasteiger partial charge is 0.0443 e. The van der Waals surface area contributed by atoms with Crippen molar-refractivity contribution in [3.8, 4) is 0 Å². The van der Waals surface area contributed by atoms with Crippen LogP contribution in [0.4, 0.5) is 0 Å². The number of hydrogen-bond donors (Lipinski definition) is 2. The fourth-order valence-electron chi connectivity index (χ4n) is 2.52. The van der Waals surface area contributed by atoms with Gasteiger partial charge in [-0.3, -0.25) is 4.90 Å². The Balaban J connectivity index is 0.00000180. The van der Waals surface area contributed by atoms with Crippen molar-refractivity contribution in [2.24, 2.45) is 0 Å². The third kappa shape index (κ3) is 6.91. The molecule has 1 aromatic rings. The van der Waals surface area contributed by atoms with Crippen LogP contribution in [0.2, 0.25) is 0 Å². The van der Waals surface area contributed by atoms with E-state index in [4.69, 9.17) is 5.11 Å². The minimum absolute atomic E-state index is 0. The van der Waals surface area contributed by atoms with E-state index >= 15 is 0 Å². The molecule has 0 atom stereocenters. The summed E-state index contributed by atoms with van der Waals surface area (Å²) in [5, 5.41) is 12.3. The number of likely N-dealkylation sites (tertiary alicyclic amines) is 1. The van der Waals surface area contributed by atoms with Gasteiger partial charge < -0.3 is 10.4 Å². The zero-order valence-electron chi connectivity index (χ0n) is 11.8. The van der Waals surface area contributed by atoms with Crippen molar-refractivity contribution in [1.82, 2.24) is 10.2 Å². The summed E-state index contributed by atoms with van der Waals surface area (Å²) in [7, 11) is 0. The van der Waals surface area contributed by atoms with Gasteiger partial charge in [-0.1, -0.05) is 30.3 Å². The molecule has 0 radical (unpaired) electrons. The lowest BCUT2D eigenvalue weighted by atomic mass is 10.0. The second-order valence-electron chi connectivity index (χ2n) is 5.07. The Kier molecular flexibility index (Phi) is 11.2. The van der Waals surface area contributed by atoms with Crippen molar-refractivity contribution in [3.05, 3.63) is 35.9 Å². The zero-order valence-corrected chi connectivity index (χ0v) is 13.5. The Morgan fingerprint density at radius 3 is 2.35 bits per heavy atom. The molecule has 3 nitrogen and oxygen atoms in total. The van der Waals surface area contributed by atoms with Crippen LogP contribution in [0.3, 0.4) is 0 Å². The number of nitrogens with zero attached hydrogens (tertiary/aromatic N) is 1. The van der Waals surface area contributed by atoms with Crippen molar-refractivity contribution in [3.63, 3.8) is 0 Å². The molecule has 1 aliphatic rings. The molecule has 0 unspecified atom stereocenters. The molecule has 0 spiro atoms. The van der Waals surface area contributed by atoms with Crippen molar-refractivity contribution in [1.29, 1.82) is 0 Å². The number of aliphatic hydroxyl groups is 1. The van der Waals surface area contributed by atoms with Gasteiger partial charge in [0.2, 0.25) is 0 Å². The maximum Gasteiger partial charge on any atom is 0.0443 e. The molecule has 1 fully saturated rings. The second-order valence-corrected chi connectivity index (χ2v) is 5.07. The summed E-state index contributed by atoms with van der Waals surface area (Å²) in [6, 6.07) is 11.3. The molecule has 0 amide bonds. The van der Waals surface area contributed by atoms with Crippen LogP contribution >= 0.6 is 24.8 Å². The Labute approximate surface area is 134 Å². The van der Waals surface area contributed by atoms with Gasteiger partial charge in [-0.05, 0) is 44.5 Å². The molecular weight excluding hydrogens is 295 g/mol. The highest BCUT2D eigenvalue weighted by atomic mass is 35.5. The summed E-state index contributed by atoms with van der Waals surface area (Å²) in [6.07, 6.45) is 3.31. The SMILES string of the molecule is Cl.Cl.OCCCNC1CCN(Cc2ccccc2)CC1. The lowest BCUT2D eigenvalue weighted by Gasteiger charge is -2.32. The van der Waals surface area contributed by atoms with Crippen LogP contribution < -0.4 is 5.32 Å². The fraction of sp³-hybridized carbons (Fsp3) is 0.600. The average molecular weight is 321 g/mol. The molecule has 1 heterocycles. The first-order valence-corrected chi connectivity index (χ1v) is 6.99. The van der Waals surface area contributed by atoms with E-state index in [-0.39, 0.29) is 24.8 Å². The van der Waals surface area contributed by atoms with Crippen molar-refractivity contribution >= 4 is 24.8 Å². The Bertz CT molecular complexity index is 330. The van der Waals surface area contributed by atoms with Gasteiger partial charge in [0.1, 0.15) is 0 Å². The predicted octanol–water partition coefficient (Wildman–Crippen LogP) is 2.47. The maximum atomic E-state index is 8.75. The van der Waals surface area contributed by atoms with Gasteiger partial charge in [0.15, 0.2) is 0 Å². The number of halogens is 2. The number of piperidine rings is 1. The molecule has 0 bridgehead atoms. The normalized spacial score (nSPS) is 16.2. The van der Waals surface area contributed by atoms with E-state index in [0.717, 1.165) is 19.5 Å². The largest absolute Gasteiger partial charge is 0.396 e. The van der Waals surface area contributed by atoms with E-state index in [1.807, 2.05) is 0 Å². The molecule has 0 aromatic heterocycles. The third-order valence-corrected chi connectivity index (χ3v) is 3.60. The van der Waals surface area contributed by atoms with Gasteiger partial charge in [0, 0.05) is 19.2 Å². The topological polar surface area (TPSA) is 35.5 Å². The lowest BCUT2D eigenvalue weighted by molar-refractivity contribution is 0.188. The summed E-state index contributed by atoms with van der Waals surface area (Å²) >= 11 is 0. The number of hydrogen-bond acceptors (Lipinski definition) is 3. The molecule has 5 heteroatoms. The summed E-state index contributed by atoms with van der Waals surface area (Å²) in [6.45, 7) is 4.65. The molecule has 2 N–H and O–H groups in total. The van der Waals surface area contributed by atoms with E-state index < -0.39 is 0 Å². The van der Waals surface area contributed by atoms with Gasteiger partial charge in [-0.2, -0.15) is 0 Å². The van der Waals surface area contributed by atoms with Gasteiger partial charge in [-0.25, -0.2) is 0 Å². The molecule has 1 aromatic carbocycles. The first kappa shape index (κ1) is 19.7. The van der Waals surface area contributed by atoms with Gasteiger partial charge in [0.25, 0.3) is 0 Å². The molecule has 0 aliphatic carbocycles. The number of benzene rings is 1. The minimum atomic E-state index is 0. The second kappa shape index (κ2) is 11.4. The van der Waals surface area contributed by atoms with Crippen molar-refractivity contribution in [2.45, 2.75) is 31.8 Å². The number of aliphatic hydroxyl groups excluding tert-OH is 1. The summed E-state index contributed by atoms with van der Waals surface area (Å²) in [5.41, 5.74) is 1.41. The van der Waals surface area contributed by atoms with E-state index in [0.29, 0.717) is 12.6 Å². The van der Waals surface area contributed by atoms with E-state index in [9.17, 15) is 0 Å². The summed E-state index contributed by atoms with van der Waals surface area (Å²) in [5.74, 6) is 0. The Hall–Kier alpha value is -0.320. The number of nitrogens with one attached hydrogen (secondary N) is 1. The Morgan fingerprint density at radius 1 is 1.10 bits per heavy atom. The standard InChI is InChI=1S/C15H24N2O.2ClH/c18-12-4-9-16-15-7-10-17(11-8-15)13-14-5-2-1-3-6-14;;/h1-3,5-6,15-16,18H,4,7-13H2;2*1H. The zero-order chi connectivity index (χ0) is 12.6. The van der Waals surface area contributed by atoms with E-state index in [1.165, 1.54) is 31.5 Å². The highest BCUT2D eigenvalue weighted by Crippen LogP contribution is 2.13. The van der Waals surface area contributed by atoms with Crippen LogP contribution in [-0.4, -0.2) is 42.3 Å². The molecule has 0 saturated carbocycles. The van der Waals surface area contributed by atoms with Crippen LogP contribution in [0.5, 0.6) is 0 Å². The van der Waals surface area contributed by atoms with E-state index in [2.05, 4.69) is 40.5 Å². The molecule has 116 valence electrons. The molecule has 1 aliphatic heterocycles. The van der Waals surface area contributed by atoms with Gasteiger partial charge in [-0.15, -0.1) is 24.8 Å². The molecule has 20 heavy (non-hydrogen) atoms. The van der Waals surface area contributed by atoms with Gasteiger partial charge >= 0.3 is 0 Å². The highest BCUT2D eigenvalue weighted by Gasteiger charge is 2.18. The average Bonchev–Trinajstić information content (AvgIpc) is 2.42. The van der Waals surface area contributed by atoms with Crippen LogP contribution in [0.25, 0.3) is 0 Å². The minimum Gasteiger partial charge on any atom is -0.396 e. The molecule has 1 saturated heterocycles. The van der Waals surface area contributed by atoms with Crippen LogP contribution in [0, 0.1) is 0 Å². The molecule has 2 rings (SSSR count). The van der Waals surface area contributed by atoms with E-state index in [1.54, 1.807) is 0 Å². The molecular formula is C15H26Cl2N2O. The fourth-order valence-corrected chi connectivity index (χ4v) is 2.52. The summed E-state index contributed by atoms with van der Waals surface area (Å²) < 4.78 is 0. The van der Waals surface area contributed by atoms with Crippen LogP contribution in [0.1, 0.15) is 24.8 Å². The first-order chi connectivity index (χ1) is 8.88. The summed E-state index contributed by atoms with van der Waals surface area (Å²) in [4.78, 5) is 2.53. The quantitative estimate of drug-likeness (QED) is 0.790. The highest BCUT2D eigenvalue weighted by molar-refractivity contribution is 5.85. The monoisotopic (exact) mass is 320 g/mol.